The Balaban J connectivity index is 2.47. The van der Waals surface area contributed by atoms with E-state index in [9.17, 15) is 14.7 Å². The van der Waals surface area contributed by atoms with Crippen LogP contribution in [0.4, 0.5) is 10.5 Å². The summed E-state index contributed by atoms with van der Waals surface area (Å²) >= 11 is 0. The zero-order valence-electron chi connectivity index (χ0n) is 10.3. The zero-order chi connectivity index (χ0) is 13.3. The Hall–Kier alpha value is -2.04. The SMILES string of the molecule is Cc1cccc(N2C(=O)OCCC2C(=O)O)c1C. The molecule has 0 aromatic heterocycles. The standard InChI is InChI=1S/C13H15NO4/c1-8-4-3-5-10(9(8)2)14-11(12(15)16)6-7-18-13(14)17/h3-5,11H,6-7H2,1-2H3,(H,15,16). The van der Waals surface area contributed by atoms with Crippen molar-refractivity contribution in [3.05, 3.63) is 29.3 Å². The number of hydrogen-bond donors (Lipinski definition) is 1. The number of aryl methyl sites for hydroxylation is 1. The van der Waals surface area contributed by atoms with Crippen LogP contribution in [0.2, 0.25) is 0 Å². The maximum Gasteiger partial charge on any atom is 0.415 e. The number of ether oxygens (including phenoxy) is 1. The summed E-state index contributed by atoms with van der Waals surface area (Å²) in [6, 6.07) is 4.61. The molecule has 0 saturated carbocycles. The van der Waals surface area contributed by atoms with Gasteiger partial charge in [0.15, 0.2) is 0 Å². The summed E-state index contributed by atoms with van der Waals surface area (Å²) in [6.07, 6.45) is -0.295. The Morgan fingerprint density at radius 1 is 1.44 bits per heavy atom. The Kier molecular flexibility index (Phi) is 3.23. The molecule has 2 rings (SSSR count). The van der Waals surface area contributed by atoms with Crippen molar-refractivity contribution < 1.29 is 19.4 Å². The van der Waals surface area contributed by atoms with Crippen molar-refractivity contribution in [2.75, 3.05) is 11.5 Å². The molecular formula is C13H15NO4. The van der Waals surface area contributed by atoms with Crippen LogP contribution in [0.5, 0.6) is 0 Å². The van der Waals surface area contributed by atoms with Crippen LogP contribution in [0.15, 0.2) is 18.2 Å². The number of anilines is 1. The van der Waals surface area contributed by atoms with Gasteiger partial charge < -0.3 is 9.84 Å². The molecule has 96 valence electrons. The molecule has 1 heterocycles. The van der Waals surface area contributed by atoms with Gasteiger partial charge in [0.05, 0.1) is 12.3 Å². The van der Waals surface area contributed by atoms with Gasteiger partial charge in [-0.3, -0.25) is 4.90 Å². The predicted molar refractivity (Wildman–Crippen MR) is 65.8 cm³/mol. The van der Waals surface area contributed by atoms with Crippen molar-refractivity contribution >= 4 is 17.7 Å². The highest BCUT2D eigenvalue weighted by molar-refractivity contribution is 5.96. The Morgan fingerprint density at radius 2 is 2.17 bits per heavy atom. The fraction of sp³-hybridized carbons (Fsp3) is 0.385. The van der Waals surface area contributed by atoms with Gasteiger partial charge in [-0.15, -0.1) is 0 Å². The summed E-state index contributed by atoms with van der Waals surface area (Å²) in [6.45, 7) is 3.94. The molecule has 1 aromatic rings. The predicted octanol–water partition coefficient (Wildman–Crippen LogP) is 2.10. The zero-order valence-corrected chi connectivity index (χ0v) is 10.3. The lowest BCUT2D eigenvalue weighted by Gasteiger charge is -2.33. The van der Waals surface area contributed by atoms with Gasteiger partial charge in [-0.2, -0.15) is 0 Å². The molecule has 1 saturated heterocycles. The Labute approximate surface area is 105 Å². The molecule has 0 bridgehead atoms. The molecule has 1 unspecified atom stereocenters. The molecule has 1 atom stereocenters. The van der Waals surface area contributed by atoms with Crippen molar-refractivity contribution in [2.24, 2.45) is 0 Å². The minimum absolute atomic E-state index is 0.150. The number of nitrogens with zero attached hydrogens (tertiary/aromatic N) is 1. The monoisotopic (exact) mass is 249 g/mol. The number of aliphatic carboxylic acids is 1. The van der Waals surface area contributed by atoms with Gasteiger partial charge in [0, 0.05) is 6.42 Å². The fourth-order valence-electron chi connectivity index (χ4n) is 2.08. The molecule has 0 aliphatic carbocycles. The summed E-state index contributed by atoms with van der Waals surface area (Å²) in [5.41, 5.74) is 2.50. The van der Waals surface area contributed by atoms with Crippen molar-refractivity contribution in [3.8, 4) is 0 Å². The maximum atomic E-state index is 11.8. The average Bonchev–Trinajstić information content (AvgIpc) is 2.33. The lowest BCUT2D eigenvalue weighted by atomic mass is 10.0. The highest BCUT2D eigenvalue weighted by atomic mass is 16.6. The van der Waals surface area contributed by atoms with Crippen molar-refractivity contribution in [2.45, 2.75) is 26.3 Å². The first-order valence-corrected chi connectivity index (χ1v) is 5.77. The highest BCUT2D eigenvalue weighted by Gasteiger charge is 2.36. The average molecular weight is 249 g/mol. The van der Waals surface area contributed by atoms with Crippen LogP contribution in [0, 0.1) is 13.8 Å². The summed E-state index contributed by atoms with van der Waals surface area (Å²) in [5, 5.41) is 9.20. The van der Waals surface area contributed by atoms with E-state index in [0.29, 0.717) is 12.1 Å². The largest absolute Gasteiger partial charge is 0.480 e. The quantitative estimate of drug-likeness (QED) is 0.871. The number of carbonyl (C=O) groups excluding carboxylic acids is 1. The third-order valence-corrected chi connectivity index (χ3v) is 3.25. The molecule has 18 heavy (non-hydrogen) atoms. The fourth-order valence-corrected chi connectivity index (χ4v) is 2.08. The first kappa shape index (κ1) is 12.4. The van der Waals surface area contributed by atoms with E-state index < -0.39 is 18.1 Å². The normalized spacial score (nSPS) is 19.6. The lowest BCUT2D eigenvalue weighted by molar-refractivity contribution is -0.139. The van der Waals surface area contributed by atoms with Crippen LogP contribution in [0.25, 0.3) is 0 Å². The van der Waals surface area contributed by atoms with E-state index >= 15 is 0 Å². The first-order chi connectivity index (χ1) is 8.52. The summed E-state index contributed by atoms with van der Waals surface area (Å²) in [5.74, 6) is -1.01. The van der Waals surface area contributed by atoms with Gasteiger partial charge in [-0.25, -0.2) is 9.59 Å². The third kappa shape index (κ3) is 2.03. The van der Waals surface area contributed by atoms with E-state index in [1.54, 1.807) is 12.1 Å². The molecule has 5 heteroatoms. The number of amides is 1. The van der Waals surface area contributed by atoms with E-state index in [-0.39, 0.29) is 6.61 Å². The minimum atomic E-state index is -1.01. The number of benzene rings is 1. The van der Waals surface area contributed by atoms with Crippen LogP contribution >= 0.6 is 0 Å². The number of carboxylic acids is 1. The second kappa shape index (κ2) is 4.68. The van der Waals surface area contributed by atoms with Gasteiger partial charge in [-0.05, 0) is 31.0 Å². The minimum Gasteiger partial charge on any atom is -0.480 e. The number of carboxylic acid groups (broad SMARTS) is 1. The number of rotatable bonds is 2. The van der Waals surface area contributed by atoms with E-state index in [1.807, 2.05) is 19.9 Å². The smallest absolute Gasteiger partial charge is 0.415 e. The lowest BCUT2D eigenvalue weighted by Crippen LogP contribution is -2.50. The molecule has 1 aromatic carbocycles. The second-order valence-electron chi connectivity index (χ2n) is 4.35. The van der Waals surface area contributed by atoms with Gasteiger partial charge in [-0.1, -0.05) is 12.1 Å². The molecule has 0 spiro atoms. The van der Waals surface area contributed by atoms with Gasteiger partial charge in [0.2, 0.25) is 0 Å². The second-order valence-corrected chi connectivity index (χ2v) is 4.35. The van der Waals surface area contributed by atoms with Crippen molar-refractivity contribution in [1.29, 1.82) is 0 Å². The molecule has 1 aliphatic rings. The van der Waals surface area contributed by atoms with Crippen LogP contribution in [0.3, 0.4) is 0 Å². The van der Waals surface area contributed by atoms with Gasteiger partial charge in [0.25, 0.3) is 0 Å². The third-order valence-electron chi connectivity index (χ3n) is 3.25. The number of cyclic esters (lactones) is 1. The summed E-state index contributed by atoms with van der Waals surface area (Å²) < 4.78 is 4.94. The Morgan fingerprint density at radius 3 is 2.83 bits per heavy atom. The summed E-state index contributed by atoms with van der Waals surface area (Å²) in [4.78, 5) is 24.3. The van der Waals surface area contributed by atoms with Crippen LogP contribution in [-0.2, 0) is 9.53 Å². The summed E-state index contributed by atoms with van der Waals surface area (Å²) in [7, 11) is 0. The van der Waals surface area contributed by atoms with Crippen LogP contribution in [-0.4, -0.2) is 29.8 Å². The Bertz CT molecular complexity index is 498. The van der Waals surface area contributed by atoms with E-state index in [2.05, 4.69) is 0 Å². The number of carbonyl (C=O) groups is 2. The molecule has 5 nitrogen and oxygen atoms in total. The van der Waals surface area contributed by atoms with Crippen LogP contribution < -0.4 is 4.90 Å². The first-order valence-electron chi connectivity index (χ1n) is 5.77. The molecule has 1 aliphatic heterocycles. The molecular weight excluding hydrogens is 234 g/mol. The molecule has 0 radical (unpaired) electrons. The molecule has 1 fully saturated rings. The van der Waals surface area contributed by atoms with Crippen LogP contribution in [0.1, 0.15) is 17.5 Å². The van der Waals surface area contributed by atoms with Gasteiger partial charge >= 0.3 is 12.1 Å². The highest BCUT2D eigenvalue weighted by Crippen LogP contribution is 2.28. The molecule has 1 N–H and O–H groups in total. The molecule has 1 amide bonds. The maximum absolute atomic E-state index is 11.8. The van der Waals surface area contributed by atoms with E-state index in [1.165, 1.54) is 4.90 Å². The topological polar surface area (TPSA) is 66.8 Å². The van der Waals surface area contributed by atoms with Crippen molar-refractivity contribution in [3.63, 3.8) is 0 Å². The number of hydrogen-bond acceptors (Lipinski definition) is 3. The van der Waals surface area contributed by atoms with Gasteiger partial charge in [0.1, 0.15) is 6.04 Å². The van der Waals surface area contributed by atoms with E-state index in [4.69, 9.17) is 4.74 Å². The van der Waals surface area contributed by atoms with E-state index in [0.717, 1.165) is 11.1 Å². The van der Waals surface area contributed by atoms with Crippen molar-refractivity contribution in [1.82, 2.24) is 0 Å².